The average Bonchev–Trinajstić information content (AvgIpc) is 3.10. The monoisotopic (exact) mass is 284 g/mol. The quantitative estimate of drug-likeness (QED) is 0.753. The third kappa shape index (κ3) is 2.79. The molecule has 0 spiro atoms. The van der Waals surface area contributed by atoms with E-state index in [-0.39, 0.29) is 6.04 Å². The van der Waals surface area contributed by atoms with Crippen LogP contribution < -0.4 is 5.73 Å². The zero-order chi connectivity index (χ0) is 13.9. The molecule has 1 aromatic carbocycles. The standard InChI is InChI=1S/C17H20N2S/c1-2-15(18)10-13-5-6-14-7-8-19(17(14)11-13)12-16-4-3-9-20-16/h3-9,11,15H,2,10,12,18H2,1H3. The van der Waals surface area contributed by atoms with E-state index in [1.807, 2.05) is 11.3 Å². The number of benzene rings is 1. The molecule has 3 heteroatoms. The predicted molar refractivity (Wildman–Crippen MR) is 87.3 cm³/mol. The van der Waals surface area contributed by atoms with Crippen molar-refractivity contribution in [3.8, 4) is 0 Å². The number of hydrogen-bond acceptors (Lipinski definition) is 2. The Balaban J connectivity index is 1.91. The first-order chi connectivity index (χ1) is 9.76. The highest BCUT2D eigenvalue weighted by atomic mass is 32.1. The van der Waals surface area contributed by atoms with Gasteiger partial charge in [-0.25, -0.2) is 0 Å². The molecule has 1 atom stereocenters. The lowest BCUT2D eigenvalue weighted by Crippen LogP contribution is -2.21. The van der Waals surface area contributed by atoms with Gasteiger partial charge in [-0.2, -0.15) is 0 Å². The molecule has 2 N–H and O–H groups in total. The van der Waals surface area contributed by atoms with Crippen molar-refractivity contribution in [3.05, 3.63) is 58.4 Å². The maximum atomic E-state index is 6.07. The third-order valence-corrected chi connectivity index (χ3v) is 4.63. The molecule has 0 amide bonds. The minimum absolute atomic E-state index is 0.258. The fourth-order valence-corrected chi connectivity index (χ4v) is 3.21. The van der Waals surface area contributed by atoms with Crippen molar-refractivity contribution in [1.82, 2.24) is 4.57 Å². The summed E-state index contributed by atoms with van der Waals surface area (Å²) in [6.45, 7) is 3.09. The summed E-state index contributed by atoms with van der Waals surface area (Å²) in [7, 11) is 0. The molecule has 0 fully saturated rings. The summed E-state index contributed by atoms with van der Waals surface area (Å²) in [5, 5.41) is 3.43. The summed E-state index contributed by atoms with van der Waals surface area (Å²) in [6.07, 6.45) is 4.15. The Hall–Kier alpha value is -1.58. The largest absolute Gasteiger partial charge is 0.342 e. The van der Waals surface area contributed by atoms with Gasteiger partial charge in [0, 0.05) is 22.6 Å². The SMILES string of the molecule is CCC(N)Cc1ccc2ccn(Cc3cccs3)c2c1. The van der Waals surface area contributed by atoms with E-state index < -0.39 is 0 Å². The van der Waals surface area contributed by atoms with Gasteiger partial charge in [-0.05, 0) is 47.4 Å². The van der Waals surface area contributed by atoms with Gasteiger partial charge in [0.1, 0.15) is 0 Å². The molecular weight excluding hydrogens is 264 g/mol. The molecule has 0 bridgehead atoms. The second-order valence-corrected chi connectivity index (χ2v) is 6.32. The Labute approximate surface area is 123 Å². The molecule has 2 aromatic heterocycles. The fourth-order valence-electron chi connectivity index (χ4n) is 2.51. The fraction of sp³-hybridized carbons (Fsp3) is 0.294. The van der Waals surface area contributed by atoms with Crippen LogP contribution in [0.4, 0.5) is 0 Å². The first-order valence-electron chi connectivity index (χ1n) is 7.12. The lowest BCUT2D eigenvalue weighted by Gasteiger charge is -2.10. The molecule has 0 saturated heterocycles. The van der Waals surface area contributed by atoms with Crippen molar-refractivity contribution >= 4 is 22.2 Å². The number of fused-ring (bicyclic) bond motifs is 1. The third-order valence-electron chi connectivity index (χ3n) is 3.77. The summed E-state index contributed by atoms with van der Waals surface area (Å²) in [4.78, 5) is 1.39. The zero-order valence-electron chi connectivity index (χ0n) is 11.8. The molecule has 3 rings (SSSR count). The molecule has 0 saturated carbocycles. The van der Waals surface area contributed by atoms with Crippen LogP contribution in [0.25, 0.3) is 10.9 Å². The molecule has 0 aliphatic carbocycles. The van der Waals surface area contributed by atoms with Crippen LogP contribution in [0.3, 0.4) is 0 Å². The van der Waals surface area contributed by atoms with Gasteiger partial charge in [-0.1, -0.05) is 25.1 Å². The van der Waals surface area contributed by atoms with E-state index in [9.17, 15) is 0 Å². The molecule has 2 nitrogen and oxygen atoms in total. The molecule has 0 aliphatic rings. The Kier molecular flexibility index (Phi) is 3.90. The Morgan fingerprint density at radius 3 is 2.90 bits per heavy atom. The summed E-state index contributed by atoms with van der Waals surface area (Å²) >= 11 is 1.81. The summed E-state index contributed by atoms with van der Waals surface area (Å²) < 4.78 is 2.32. The van der Waals surface area contributed by atoms with E-state index in [1.54, 1.807) is 0 Å². The second kappa shape index (κ2) is 5.81. The van der Waals surface area contributed by atoms with Crippen molar-refractivity contribution in [2.75, 3.05) is 0 Å². The summed E-state index contributed by atoms with van der Waals surface area (Å²) in [6, 6.07) is 13.4. The highest BCUT2D eigenvalue weighted by Gasteiger charge is 2.06. The Morgan fingerprint density at radius 2 is 2.15 bits per heavy atom. The zero-order valence-corrected chi connectivity index (χ0v) is 12.6. The first-order valence-corrected chi connectivity index (χ1v) is 8.00. The van der Waals surface area contributed by atoms with Crippen LogP contribution in [-0.4, -0.2) is 10.6 Å². The van der Waals surface area contributed by atoms with Gasteiger partial charge in [-0.15, -0.1) is 11.3 Å². The van der Waals surface area contributed by atoms with E-state index in [0.717, 1.165) is 19.4 Å². The number of aromatic nitrogens is 1. The van der Waals surface area contributed by atoms with Crippen LogP contribution in [0.5, 0.6) is 0 Å². The van der Waals surface area contributed by atoms with Crippen LogP contribution >= 0.6 is 11.3 Å². The van der Waals surface area contributed by atoms with Crippen LogP contribution in [0.1, 0.15) is 23.8 Å². The smallest absolute Gasteiger partial charge is 0.0569 e. The van der Waals surface area contributed by atoms with Gasteiger partial charge >= 0.3 is 0 Å². The molecule has 0 radical (unpaired) electrons. The Bertz CT molecular complexity index is 682. The lowest BCUT2D eigenvalue weighted by molar-refractivity contribution is 0.646. The predicted octanol–water partition coefficient (Wildman–Crippen LogP) is 4.03. The molecular formula is C17H20N2S. The van der Waals surface area contributed by atoms with Crippen LogP contribution in [0.2, 0.25) is 0 Å². The molecule has 0 aliphatic heterocycles. The van der Waals surface area contributed by atoms with Crippen LogP contribution in [0.15, 0.2) is 48.0 Å². The number of thiophene rings is 1. The number of nitrogens with two attached hydrogens (primary N) is 1. The van der Waals surface area contributed by atoms with Gasteiger partial charge < -0.3 is 10.3 Å². The Morgan fingerprint density at radius 1 is 1.25 bits per heavy atom. The normalized spacial score (nSPS) is 12.9. The van der Waals surface area contributed by atoms with Gasteiger partial charge in [0.2, 0.25) is 0 Å². The topological polar surface area (TPSA) is 30.9 Å². The van der Waals surface area contributed by atoms with Crippen molar-refractivity contribution < 1.29 is 0 Å². The first kappa shape index (κ1) is 13.4. The van der Waals surface area contributed by atoms with E-state index >= 15 is 0 Å². The van der Waals surface area contributed by atoms with E-state index in [0.29, 0.717) is 0 Å². The van der Waals surface area contributed by atoms with Crippen molar-refractivity contribution in [2.24, 2.45) is 5.73 Å². The molecule has 1 unspecified atom stereocenters. The van der Waals surface area contributed by atoms with E-state index in [2.05, 4.69) is 59.5 Å². The second-order valence-electron chi connectivity index (χ2n) is 5.29. The van der Waals surface area contributed by atoms with Crippen LogP contribution in [0, 0.1) is 0 Å². The lowest BCUT2D eigenvalue weighted by atomic mass is 10.0. The highest BCUT2D eigenvalue weighted by Crippen LogP contribution is 2.21. The number of nitrogens with zero attached hydrogens (tertiary/aromatic N) is 1. The minimum Gasteiger partial charge on any atom is -0.342 e. The van der Waals surface area contributed by atoms with Crippen LogP contribution in [-0.2, 0) is 13.0 Å². The van der Waals surface area contributed by atoms with E-state index in [4.69, 9.17) is 5.73 Å². The van der Waals surface area contributed by atoms with Gasteiger partial charge in [0.15, 0.2) is 0 Å². The minimum atomic E-state index is 0.258. The molecule has 2 heterocycles. The average molecular weight is 284 g/mol. The number of rotatable bonds is 5. The molecule has 104 valence electrons. The van der Waals surface area contributed by atoms with Gasteiger partial charge in [-0.3, -0.25) is 0 Å². The van der Waals surface area contributed by atoms with Gasteiger partial charge in [0.25, 0.3) is 0 Å². The van der Waals surface area contributed by atoms with E-state index in [1.165, 1.54) is 21.3 Å². The van der Waals surface area contributed by atoms with Crippen molar-refractivity contribution in [1.29, 1.82) is 0 Å². The maximum absolute atomic E-state index is 6.07. The van der Waals surface area contributed by atoms with Crippen molar-refractivity contribution in [2.45, 2.75) is 32.4 Å². The molecule has 3 aromatic rings. The number of hydrogen-bond donors (Lipinski definition) is 1. The van der Waals surface area contributed by atoms with Crippen molar-refractivity contribution in [3.63, 3.8) is 0 Å². The summed E-state index contributed by atoms with van der Waals surface area (Å²) in [5.74, 6) is 0. The molecule has 20 heavy (non-hydrogen) atoms. The highest BCUT2D eigenvalue weighted by molar-refractivity contribution is 7.09. The van der Waals surface area contributed by atoms with Gasteiger partial charge in [0.05, 0.1) is 6.54 Å². The summed E-state index contributed by atoms with van der Waals surface area (Å²) in [5.41, 5.74) is 8.70. The maximum Gasteiger partial charge on any atom is 0.0569 e.